The quantitative estimate of drug-likeness (QED) is 0.481. The van der Waals surface area contributed by atoms with E-state index in [9.17, 15) is 23.7 Å². The van der Waals surface area contributed by atoms with Gasteiger partial charge in [0.25, 0.3) is 5.69 Å². The van der Waals surface area contributed by atoms with E-state index in [0.29, 0.717) is 0 Å². The Labute approximate surface area is 124 Å². The van der Waals surface area contributed by atoms with E-state index in [1.807, 2.05) is 0 Å². The number of ketones is 1. The van der Waals surface area contributed by atoms with Crippen molar-refractivity contribution in [1.29, 1.82) is 0 Å². The Balaban J connectivity index is 2.10. The number of ether oxygens (including phenoxy) is 1. The number of carbonyl (C=O) groups excluding carboxylic acids is 1. The number of hydrogen-bond donors (Lipinski definition) is 0. The highest BCUT2D eigenvalue weighted by atomic mass is 19.2. The predicted molar refractivity (Wildman–Crippen MR) is 73.9 cm³/mol. The van der Waals surface area contributed by atoms with E-state index in [0.717, 1.165) is 18.2 Å². The van der Waals surface area contributed by atoms with Crippen molar-refractivity contribution in [1.82, 2.24) is 0 Å². The zero-order chi connectivity index (χ0) is 16.3. The third-order valence-corrected chi connectivity index (χ3v) is 2.93. The van der Waals surface area contributed by atoms with Gasteiger partial charge >= 0.3 is 0 Å². The average molecular weight is 307 g/mol. The van der Waals surface area contributed by atoms with Crippen LogP contribution in [0.3, 0.4) is 0 Å². The summed E-state index contributed by atoms with van der Waals surface area (Å²) in [6.45, 7) is 1.45. The van der Waals surface area contributed by atoms with Gasteiger partial charge in [-0.25, -0.2) is 8.78 Å². The molecule has 1 atom stereocenters. The first kappa shape index (κ1) is 15.6. The summed E-state index contributed by atoms with van der Waals surface area (Å²) in [5.41, 5.74) is -0.125. The highest BCUT2D eigenvalue weighted by Gasteiger charge is 2.19. The zero-order valence-electron chi connectivity index (χ0n) is 11.5. The third-order valence-electron chi connectivity index (χ3n) is 2.93. The largest absolute Gasteiger partial charge is 0.483 e. The van der Waals surface area contributed by atoms with E-state index in [2.05, 4.69) is 0 Å². The molecule has 0 heterocycles. The van der Waals surface area contributed by atoms with Gasteiger partial charge < -0.3 is 4.74 Å². The van der Waals surface area contributed by atoms with E-state index in [1.165, 1.54) is 31.2 Å². The number of Topliss-reactive ketones (excluding diaryl/α,β-unsaturated/α-hetero) is 1. The van der Waals surface area contributed by atoms with Crippen LogP contribution in [0.5, 0.6) is 5.75 Å². The number of benzene rings is 2. The van der Waals surface area contributed by atoms with Crippen LogP contribution in [0.2, 0.25) is 0 Å². The minimum atomic E-state index is -1.12. The van der Waals surface area contributed by atoms with Crippen molar-refractivity contribution in [2.45, 2.75) is 13.0 Å². The SMILES string of the molecule is C[C@H](Oc1ccc([N+](=O)[O-])cc1)C(=O)c1ccc(F)c(F)c1. The molecule has 2 aromatic rings. The summed E-state index contributed by atoms with van der Waals surface area (Å²) in [7, 11) is 0. The van der Waals surface area contributed by atoms with Crippen molar-refractivity contribution < 1.29 is 23.2 Å². The molecule has 0 fully saturated rings. The summed E-state index contributed by atoms with van der Waals surface area (Å²) >= 11 is 0. The van der Waals surface area contributed by atoms with Gasteiger partial charge in [-0.2, -0.15) is 0 Å². The molecular weight excluding hydrogens is 296 g/mol. The minimum absolute atomic E-state index is 0.0201. The van der Waals surface area contributed by atoms with Gasteiger partial charge in [-0.3, -0.25) is 14.9 Å². The molecule has 2 aromatic carbocycles. The fraction of sp³-hybridized carbons (Fsp3) is 0.133. The van der Waals surface area contributed by atoms with Crippen molar-refractivity contribution in [3.63, 3.8) is 0 Å². The molecular formula is C15H11F2NO4. The van der Waals surface area contributed by atoms with Crippen molar-refractivity contribution in [3.8, 4) is 5.75 Å². The lowest BCUT2D eigenvalue weighted by atomic mass is 10.1. The van der Waals surface area contributed by atoms with Crippen LogP contribution in [0.1, 0.15) is 17.3 Å². The minimum Gasteiger partial charge on any atom is -0.483 e. The molecule has 7 heteroatoms. The summed E-state index contributed by atoms with van der Waals surface area (Å²) in [5, 5.41) is 10.5. The highest BCUT2D eigenvalue weighted by molar-refractivity contribution is 5.99. The summed E-state index contributed by atoms with van der Waals surface area (Å²) in [6, 6.07) is 8.01. The molecule has 2 rings (SSSR count). The first-order valence-electron chi connectivity index (χ1n) is 6.29. The number of nitro benzene ring substituents is 1. The standard InChI is InChI=1S/C15H11F2NO4/c1-9(15(19)10-2-7-13(16)14(17)8-10)22-12-5-3-11(4-6-12)18(20)21/h2-9H,1H3/t9-/m0/s1. The lowest BCUT2D eigenvalue weighted by Crippen LogP contribution is -2.24. The second-order valence-electron chi connectivity index (χ2n) is 4.50. The lowest BCUT2D eigenvalue weighted by molar-refractivity contribution is -0.384. The fourth-order valence-corrected chi connectivity index (χ4v) is 1.79. The normalized spacial score (nSPS) is 11.8. The van der Waals surface area contributed by atoms with Gasteiger partial charge in [0.05, 0.1) is 4.92 Å². The van der Waals surface area contributed by atoms with Crippen molar-refractivity contribution in [3.05, 3.63) is 69.8 Å². The van der Waals surface area contributed by atoms with Gasteiger partial charge in [-0.05, 0) is 37.3 Å². The third kappa shape index (κ3) is 3.43. The van der Waals surface area contributed by atoms with Crippen LogP contribution in [0, 0.1) is 21.7 Å². The van der Waals surface area contributed by atoms with E-state index in [1.54, 1.807) is 0 Å². The Kier molecular flexibility index (Phi) is 4.45. The highest BCUT2D eigenvalue weighted by Crippen LogP contribution is 2.20. The van der Waals surface area contributed by atoms with E-state index >= 15 is 0 Å². The van der Waals surface area contributed by atoms with Gasteiger partial charge in [0.1, 0.15) is 5.75 Å². The van der Waals surface area contributed by atoms with Crippen LogP contribution in [-0.4, -0.2) is 16.8 Å². The maximum atomic E-state index is 13.1. The van der Waals surface area contributed by atoms with Crippen LogP contribution < -0.4 is 4.74 Å². The topological polar surface area (TPSA) is 69.4 Å². The Morgan fingerprint density at radius 2 is 1.77 bits per heavy atom. The van der Waals surface area contributed by atoms with Crippen molar-refractivity contribution in [2.75, 3.05) is 0 Å². The molecule has 22 heavy (non-hydrogen) atoms. The molecule has 0 saturated heterocycles. The molecule has 5 nitrogen and oxygen atoms in total. The van der Waals surface area contributed by atoms with Crippen molar-refractivity contribution in [2.24, 2.45) is 0 Å². The molecule has 0 amide bonds. The molecule has 0 aliphatic rings. The number of halogens is 2. The Bertz CT molecular complexity index is 716. The maximum Gasteiger partial charge on any atom is 0.269 e. The number of non-ortho nitro benzene ring substituents is 1. The van der Waals surface area contributed by atoms with Crippen LogP contribution >= 0.6 is 0 Å². The number of nitrogens with zero attached hydrogens (tertiary/aromatic N) is 1. The molecule has 114 valence electrons. The molecule has 0 saturated carbocycles. The molecule has 0 radical (unpaired) electrons. The Morgan fingerprint density at radius 3 is 2.32 bits per heavy atom. The molecule has 0 aliphatic carbocycles. The van der Waals surface area contributed by atoms with Crippen LogP contribution in [-0.2, 0) is 0 Å². The first-order valence-corrected chi connectivity index (χ1v) is 6.29. The number of hydrogen-bond acceptors (Lipinski definition) is 4. The van der Waals surface area contributed by atoms with Gasteiger partial charge in [-0.15, -0.1) is 0 Å². The van der Waals surface area contributed by atoms with Gasteiger partial charge in [0.2, 0.25) is 5.78 Å². The van der Waals surface area contributed by atoms with E-state index < -0.39 is 28.4 Å². The van der Waals surface area contributed by atoms with Crippen LogP contribution in [0.15, 0.2) is 42.5 Å². The van der Waals surface area contributed by atoms with Crippen LogP contribution in [0.25, 0.3) is 0 Å². The lowest BCUT2D eigenvalue weighted by Gasteiger charge is -2.13. The Hall–Kier alpha value is -2.83. The molecule has 0 spiro atoms. The number of nitro groups is 1. The summed E-state index contributed by atoms with van der Waals surface area (Å²) in [6.07, 6.45) is -0.952. The Morgan fingerprint density at radius 1 is 1.14 bits per heavy atom. The molecule has 0 aromatic heterocycles. The molecule has 0 N–H and O–H groups in total. The van der Waals surface area contributed by atoms with Gasteiger partial charge in [0, 0.05) is 17.7 Å². The van der Waals surface area contributed by atoms with Gasteiger partial charge in [0.15, 0.2) is 17.7 Å². The molecule has 0 unspecified atom stereocenters. The predicted octanol–water partition coefficient (Wildman–Crippen LogP) is 3.52. The monoisotopic (exact) mass is 307 g/mol. The van der Waals surface area contributed by atoms with Gasteiger partial charge in [-0.1, -0.05) is 0 Å². The maximum absolute atomic E-state index is 13.1. The summed E-state index contributed by atoms with van der Waals surface area (Å²) in [5.74, 6) is -2.43. The van der Waals surface area contributed by atoms with Crippen LogP contribution in [0.4, 0.5) is 14.5 Å². The second kappa shape index (κ2) is 6.30. The fourth-order valence-electron chi connectivity index (χ4n) is 1.79. The zero-order valence-corrected chi connectivity index (χ0v) is 11.5. The smallest absolute Gasteiger partial charge is 0.269 e. The van der Waals surface area contributed by atoms with E-state index in [4.69, 9.17) is 4.74 Å². The second-order valence-corrected chi connectivity index (χ2v) is 4.50. The first-order chi connectivity index (χ1) is 10.4. The summed E-state index contributed by atoms with van der Waals surface area (Å²) < 4.78 is 31.3. The molecule has 0 bridgehead atoms. The summed E-state index contributed by atoms with van der Waals surface area (Å²) in [4.78, 5) is 22.0. The van der Waals surface area contributed by atoms with Crippen molar-refractivity contribution >= 4 is 11.5 Å². The molecule has 0 aliphatic heterocycles. The van der Waals surface area contributed by atoms with E-state index in [-0.39, 0.29) is 17.0 Å². The number of rotatable bonds is 5. The average Bonchev–Trinajstić information content (AvgIpc) is 2.49. The number of carbonyl (C=O) groups is 1.